The first-order valence-corrected chi connectivity index (χ1v) is 4.79. The van der Waals surface area contributed by atoms with E-state index in [0.29, 0.717) is 5.92 Å². The predicted molar refractivity (Wildman–Crippen MR) is 49.0 cm³/mol. The second-order valence-corrected chi connectivity index (χ2v) is 3.98. The summed E-state index contributed by atoms with van der Waals surface area (Å²) >= 11 is 1.76. The summed E-state index contributed by atoms with van der Waals surface area (Å²) in [6.07, 6.45) is 0.674. The highest BCUT2D eigenvalue weighted by atomic mass is 32.1. The van der Waals surface area contributed by atoms with Gasteiger partial charge in [0.05, 0.1) is 6.10 Å². The molecule has 62 valence electrons. The molecular formula is C9H14OS. The molecule has 0 aromatic carbocycles. The van der Waals surface area contributed by atoms with Crippen molar-refractivity contribution in [1.82, 2.24) is 0 Å². The number of hydrogen-bond donors (Lipinski definition) is 1. The van der Waals surface area contributed by atoms with E-state index in [1.54, 1.807) is 11.3 Å². The Morgan fingerprint density at radius 3 is 2.73 bits per heavy atom. The molecule has 0 amide bonds. The van der Waals surface area contributed by atoms with Gasteiger partial charge in [-0.25, -0.2) is 0 Å². The summed E-state index contributed by atoms with van der Waals surface area (Å²) in [7, 11) is 0. The maximum Gasteiger partial charge on any atom is 0.0518 e. The Kier molecular flexibility index (Phi) is 3.09. The molecule has 1 aromatic rings. The lowest BCUT2D eigenvalue weighted by atomic mass is 10.0. The fourth-order valence-electron chi connectivity index (χ4n) is 1.20. The maximum atomic E-state index is 9.13. The highest BCUT2D eigenvalue weighted by Gasteiger charge is 2.08. The molecule has 11 heavy (non-hydrogen) atoms. The highest BCUT2D eigenvalue weighted by molar-refractivity contribution is 7.10. The van der Waals surface area contributed by atoms with Crippen molar-refractivity contribution < 1.29 is 5.11 Å². The van der Waals surface area contributed by atoms with Crippen LogP contribution in [-0.2, 0) is 0 Å². The number of aliphatic hydroxyl groups excluding tert-OH is 1. The average Bonchev–Trinajstić information content (AvgIpc) is 2.35. The van der Waals surface area contributed by atoms with Crippen molar-refractivity contribution in [2.75, 3.05) is 0 Å². The van der Waals surface area contributed by atoms with Gasteiger partial charge < -0.3 is 5.11 Å². The molecule has 0 radical (unpaired) electrons. The van der Waals surface area contributed by atoms with Crippen LogP contribution >= 0.6 is 11.3 Å². The van der Waals surface area contributed by atoms with Crippen molar-refractivity contribution >= 4 is 11.3 Å². The minimum atomic E-state index is -0.188. The van der Waals surface area contributed by atoms with Crippen LogP contribution < -0.4 is 0 Å². The van der Waals surface area contributed by atoms with Crippen LogP contribution in [0.2, 0.25) is 0 Å². The normalized spacial score (nSPS) is 16.3. The van der Waals surface area contributed by atoms with Crippen LogP contribution in [0.25, 0.3) is 0 Å². The number of hydrogen-bond acceptors (Lipinski definition) is 2. The topological polar surface area (TPSA) is 20.2 Å². The lowest BCUT2D eigenvalue weighted by molar-refractivity contribution is 0.177. The van der Waals surface area contributed by atoms with Gasteiger partial charge in [0.2, 0.25) is 0 Å². The third-order valence-corrected chi connectivity index (χ3v) is 2.83. The van der Waals surface area contributed by atoms with Gasteiger partial charge in [-0.3, -0.25) is 0 Å². The fraction of sp³-hybridized carbons (Fsp3) is 0.556. The summed E-state index contributed by atoms with van der Waals surface area (Å²) in [6, 6.07) is 4.18. The van der Waals surface area contributed by atoms with Gasteiger partial charge in [0, 0.05) is 4.88 Å². The molecule has 0 spiro atoms. The molecule has 1 heterocycles. The van der Waals surface area contributed by atoms with Crippen LogP contribution in [0.3, 0.4) is 0 Å². The summed E-state index contributed by atoms with van der Waals surface area (Å²) in [4.78, 5) is 1.37. The van der Waals surface area contributed by atoms with Crippen molar-refractivity contribution in [3.05, 3.63) is 22.4 Å². The molecule has 1 N–H and O–H groups in total. The monoisotopic (exact) mass is 170 g/mol. The van der Waals surface area contributed by atoms with E-state index in [1.807, 2.05) is 6.92 Å². The Morgan fingerprint density at radius 2 is 2.27 bits per heavy atom. The predicted octanol–water partition coefficient (Wildman–Crippen LogP) is 2.62. The van der Waals surface area contributed by atoms with Crippen molar-refractivity contribution in [3.8, 4) is 0 Å². The van der Waals surface area contributed by atoms with Gasteiger partial charge in [0.15, 0.2) is 0 Å². The summed E-state index contributed by atoms with van der Waals surface area (Å²) in [5.41, 5.74) is 0. The molecule has 1 aromatic heterocycles. The molecule has 0 unspecified atom stereocenters. The van der Waals surface area contributed by atoms with Crippen LogP contribution in [0, 0.1) is 0 Å². The third kappa shape index (κ3) is 2.64. The molecule has 2 heteroatoms. The molecule has 1 rings (SSSR count). The highest BCUT2D eigenvalue weighted by Crippen LogP contribution is 2.24. The van der Waals surface area contributed by atoms with Crippen LogP contribution in [0.15, 0.2) is 17.5 Å². The van der Waals surface area contributed by atoms with E-state index < -0.39 is 0 Å². The van der Waals surface area contributed by atoms with Gasteiger partial charge in [0.1, 0.15) is 0 Å². The Hall–Kier alpha value is -0.340. The Morgan fingerprint density at radius 1 is 1.55 bits per heavy atom. The van der Waals surface area contributed by atoms with Gasteiger partial charge in [-0.15, -0.1) is 11.3 Å². The van der Waals surface area contributed by atoms with E-state index in [0.717, 1.165) is 6.42 Å². The first kappa shape index (κ1) is 8.75. The second kappa shape index (κ2) is 3.88. The molecule has 0 fully saturated rings. The van der Waals surface area contributed by atoms with E-state index in [2.05, 4.69) is 24.4 Å². The third-order valence-electron chi connectivity index (χ3n) is 1.72. The van der Waals surface area contributed by atoms with Crippen LogP contribution in [-0.4, -0.2) is 11.2 Å². The lowest BCUT2D eigenvalue weighted by Gasteiger charge is -2.10. The van der Waals surface area contributed by atoms with Crippen molar-refractivity contribution in [2.24, 2.45) is 0 Å². The largest absolute Gasteiger partial charge is 0.393 e. The van der Waals surface area contributed by atoms with Gasteiger partial charge in [0.25, 0.3) is 0 Å². The zero-order valence-corrected chi connectivity index (χ0v) is 7.77. The number of aliphatic hydroxyl groups is 1. The molecule has 0 saturated heterocycles. The molecule has 1 nitrogen and oxygen atoms in total. The summed E-state index contributed by atoms with van der Waals surface area (Å²) < 4.78 is 0. The van der Waals surface area contributed by atoms with Crippen molar-refractivity contribution in [2.45, 2.75) is 32.3 Å². The van der Waals surface area contributed by atoms with Gasteiger partial charge >= 0.3 is 0 Å². The lowest BCUT2D eigenvalue weighted by Crippen LogP contribution is -2.04. The molecule has 0 aliphatic rings. The standard InChI is InChI=1S/C9H14OS/c1-7(6-8(2)10)9-4-3-5-11-9/h3-5,7-8,10H,6H2,1-2H3/t7-,8+/m0/s1. The minimum absolute atomic E-state index is 0.188. The van der Waals surface area contributed by atoms with Gasteiger partial charge in [-0.05, 0) is 30.7 Å². The van der Waals surface area contributed by atoms with Crippen molar-refractivity contribution in [1.29, 1.82) is 0 Å². The van der Waals surface area contributed by atoms with E-state index in [1.165, 1.54) is 4.88 Å². The summed E-state index contributed by atoms with van der Waals surface area (Å²) in [5.74, 6) is 0.495. The average molecular weight is 170 g/mol. The molecular weight excluding hydrogens is 156 g/mol. The smallest absolute Gasteiger partial charge is 0.0518 e. The number of thiophene rings is 1. The van der Waals surface area contributed by atoms with Gasteiger partial charge in [-0.1, -0.05) is 13.0 Å². The zero-order chi connectivity index (χ0) is 8.27. The minimum Gasteiger partial charge on any atom is -0.393 e. The summed E-state index contributed by atoms with van der Waals surface area (Å²) in [5, 5.41) is 11.2. The summed E-state index contributed by atoms with van der Waals surface area (Å²) in [6.45, 7) is 3.99. The quantitative estimate of drug-likeness (QED) is 0.739. The van der Waals surface area contributed by atoms with Crippen LogP contribution in [0.4, 0.5) is 0 Å². The maximum absolute atomic E-state index is 9.13. The van der Waals surface area contributed by atoms with Crippen LogP contribution in [0.5, 0.6) is 0 Å². The first-order chi connectivity index (χ1) is 5.20. The second-order valence-electron chi connectivity index (χ2n) is 3.00. The van der Waals surface area contributed by atoms with Gasteiger partial charge in [-0.2, -0.15) is 0 Å². The van der Waals surface area contributed by atoms with Crippen molar-refractivity contribution in [3.63, 3.8) is 0 Å². The number of rotatable bonds is 3. The Balaban J connectivity index is 2.49. The molecule has 0 bridgehead atoms. The van der Waals surface area contributed by atoms with E-state index >= 15 is 0 Å². The zero-order valence-electron chi connectivity index (χ0n) is 6.95. The molecule has 0 aliphatic heterocycles. The first-order valence-electron chi connectivity index (χ1n) is 3.91. The molecule has 2 atom stereocenters. The van der Waals surface area contributed by atoms with E-state index in [-0.39, 0.29) is 6.10 Å². The molecule has 0 saturated carbocycles. The fourth-order valence-corrected chi connectivity index (χ4v) is 2.00. The SMILES string of the molecule is C[C@@H](O)C[C@H](C)c1cccs1. The Bertz CT molecular complexity index is 191. The molecule has 0 aliphatic carbocycles. The van der Waals surface area contributed by atoms with E-state index in [4.69, 9.17) is 5.11 Å². The Labute approximate surface area is 71.7 Å². The van der Waals surface area contributed by atoms with E-state index in [9.17, 15) is 0 Å². The van der Waals surface area contributed by atoms with Crippen LogP contribution in [0.1, 0.15) is 31.1 Å².